The van der Waals surface area contributed by atoms with E-state index in [9.17, 15) is 14.4 Å². The molecule has 0 heterocycles. The van der Waals surface area contributed by atoms with E-state index in [-0.39, 0.29) is 11.9 Å². The molecule has 0 spiro atoms. The number of fused-ring (bicyclic) bond motifs is 1. The average Bonchev–Trinajstić information content (AvgIpc) is 2.93. The topological polar surface area (TPSA) is 87.3 Å². The molecule has 4 rings (SSSR count). The van der Waals surface area contributed by atoms with Crippen LogP contribution in [0.1, 0.15) is 23.6 Å². The number of amides is 3. The normalized spacial score (nSPS) is 13.2. The van der Waals surface area contributed by atoms with Crippen LogP contribution in [0.3, 0.4) is 0 Å². The number of rotatable bonds is 12. The summed E-state index contributed by atoms with van der Waals surface area (Å²) in [4.78, 5) is 38.1. The van der Waals surface area contributed by atoms with Crippen LogP contribution in [0.15, 0.2) is 103 Å². The molecule has 4 aromatic rings. The Morgan fingerprint density at radius 1 is 0.632 bits per heavy atom. The predicted molar refractivity (Wildman–Crippen MR) is 150 cm³/mol. The largest absolute Gasteiger partial charge is 0.352 e. The standard InChI is InChI=1S/C32H33N3O3/c1-23(18-24-10-4-2-5-11-24)34-32(38)30(20-25-12-6-3-7-13-25)35-31(37)29(33-22-36)21-26-16-17-27-14-8-9-15-28(27)19-26/h2-17,19,22-23,29-30H,18,20-21H2,1H3,(H,33,36)(H,34,38)(H,35,37). The molecule has 0 aliphatic heterocycles. The van der Waals surface area contributed by atoms with Crippen molar-refractivity contribution in [3.05, 3.63) is 120 Å². The molecular formula is C32H33N3O3. The molecule has 6 nitrogen and oxygen atoms in total. The summed E-state index contributed by atoms with van der Waals surface area (Å²) in [6.45, 7) is 1.95. The van der Waals surface area contributed by atoms with Gasteiger partial charge in [0.25, 0.3) is 0 Å². The van der Waals surface area contributed by atoms with Crippen LogP contribution in [0.4, 0.5) is 0 Å². The lowest BCUT2D eigenvalue weighted by Crippen LogP contribution is -2.55. The highest BCUT2D eigenvalue weighted by atomic mass is 16.2. The zero-order valence-electron chi connectivity index (χ0n) is 21.5. The van der Waals surface area contributed by atoms with Crippen LogP contribution in [-0.2, 0) is 33.6 Å². The zero-order valence-corrected chi connectivity index (χ0v) is 21.5. The van der Waals surface area contributed by atoms with Gasteiger partial charge in [0.15, 0.2) is 0 Å². The highest BCUT2D eigenvalue weighted by molar-refractivity contribution is 5.91. The summed E-state index contributed by atoms with van der Waals surface area (Å²) < 4.78 is 0. The van der Waals surface area contributed by atoms with Gasteiger partial charge in [-0.2, -0.15) is 0 Å². The summed E-state index contributed by atoms with van der Waals surface area (Å²) >= 11 is 0. The minimum absolute atomic E-state index is 0.124. The second-order valence-electron chi connectivity index (χ2n) is 9.57. The third-order valence-electron chi connectivity index (χ3n) is 6.53. The van der Waals surface area contributed by atoms with Gasteiger partial charge in [-0.05, 0) is 40.8 Å². The molecule has 0 aliphatic rings. The van der Waals surface area contributed by atoms with Gasteiger partial charge in [-0.3, -0.25) is 14.4 Å². The van der Waals surface area contributed by atoms with Gasteiger partial charge in [-0.15, -0.1) is 0 Å². The van der Waals surface area contributed by atoms with Crippen molar-refractivity contribution in [1.29, 1.82) is 0 Å². The molecule has 4 aromatic carbocycles. The molecule has 0 bridgehead atoms. The Morgan fingerprint density at radius 3 is 1.84 bits per heavy atom. The molecule has 3 N–H and O–H groups in total. The lowest BCUT2D eigenvalue weighted by atomic mass is 10.00. The maximum atomic E-state index is 13.4. The minimum atomic E-state index is -0.818. The monoisotopic (exact) mass is 507 g/mol. The maximum Gasteiger partial charge on any atom is 0.243 e. The fourth-order valence-electron chi connectivity index (χ4n) is 4.60. The SMILES string of the molecule is CC(Cc1ccccc1)NC(=O)C(Cc1ccccc1)NC(=O)C(Cc1ccc2ccccc2c1)NC=O. The fourth-order valence-corrected chi connectivity index (χ4v) is 4.60. The van der Waals surface area contributed by atoms with Crippen LogP contribution < -0.4 is 16.0 Å². The van der Waals surface area contributed by atoms with Crippen LogP contribution >= 0.6 is 0 Å². The van der Waals surface area contributed by atoms with Crippen molar-refractivity contribution < 1.29 is 14.4 Å². The maximum absolute atomic E-state index is 13.4. The predicted octanol–water partition coefficient (Wildman–Crippen LogP) is 3.97. The van der Waals surface area contributed by atoms with Gasteiger partial charge >= 0.3 is 0 Å². The highest BCUT2D eigenvalue weighted by Crippen LogP contribution is 2.17. The van der Waals surface area contributed by atoms with Crippen LogP contribution in [0.25, 0.3) is 10.8 Å². The summed E-state index contributed by atoms with van der Waals surface area (Å²) in [5.74, 6) is -0.668. The second-order valence-corrected chi connectivity index (χ2v) is 9.57. The van der Waals surface area contributed by atoms with E-state index in [4.69, 9.17) is 0 Å². The first-order chi connectivity index (χ1) is 18.5. The molecule has 0 aliphatic carbocycles. The summed E-state index contributed by atoms with van der Waals surface area (Å²) in [5, 5.41) is 10.8. The summed E-state index contributed by atoms with van der Waals surface area (Å²) in [6, 6.07) is 31.7. The third-order valence-corrected chi connectivity index (χ3v) is 6.53. The van der Waals surface area contributed by atoms with Gasteiger partial charge < -0.3 is 16.0 Å². The lowest BCUT2D eigenvalue weighted by Gasteiger charge is -2.24. The Bertz CT molecular complexity index is 1360. The highest BCUT2D eigenvalue weighted by Gasteiger charge is 2.27. The first kappa shape index (κ1) is 26.6. The van der Waals surface area contributed by atoms with Gasteiger partial charge in [0.05, 0.1) is 0 Å². The number of nitrogens with one attached hydrogen (secondary N) is 3. The molecule has 0 fully saturated rings. The molecule has 0 radical (unpaired) electrons. The number of hydrogen-bond acceptors (Lipinski definition) is 3. The van der Waals surface area contributed by atoms with Crippen LogP contribution in [0, 0.1) is 0 Å². The van der Waals surface area contributed by atoms with Crippen molar-refractivity contribution in [3.8, 4) is 0 Å². The van der Waals surface area contributed by atoms with Gasteiger partial charge in [0, 0.05) is 18.9 Å². The van der Waals surface area contributed by atoms with Crippen LogP contribution in [0.5, 0.6) is 0 Å². The Kier molecular flexibility index (Phi) is 9.24. The van der Waals surface area contributed by atoms with Crippen molar-refractivity contribution in [3.63, 3.8) is 0 Å². The van der Waals surface area contributed by atoms with E-state index < -0.39 is 18.0 Å². The van der Waals surface area contributed by atoms with Crippen LogP contribution in [-0.4, -0.2) is 36.3 Å². The fraction of sp³-hybridized carbons (Fsp3) is 0.219. The molecule has 3 amide bonds. The summed E-state index contributed by atoms with van der Waals surface area (Å²) in [7, 11) is 0. The first-order valence-electron chi connectivity index (χ1n) is 12.9. The van der Waals surface area contributed by atoms with Crippen molar-refractivity contribution in [2.24, 2.45) is 0 Å². The quantitative estimate of drug-likeness (QED) is 0.254. The van der Waals surface area contributed by atoms with E-state index in [0.29, 0.717) is 25.7 Å². The molecule has 38 heavy (non-hydrogen) atoms. The number of carbonyl (C=O) groups excluding carboxylic acids is 3. The molecule has 3 atom stereocenters. The number of benzene rings is 4. The Balaban J connectivity index is 1.48. The van der Waals surface area contributed by atoms with Crippen molar-refractivity contribution in [1.82, 2.24) is 16.0 Å². The molecule has 0 aromatic heterocycles. The van der Waals surface area contributed by atoms with E-state index in [1.54, 1.807) is 0 Å². The average molecular weight is 508 g/mol. The lowest BCUT2D eigenvalue weighted by molar-refractivity contribution is -0.131. The first-order valence-corrected chi connectivity index (χ1v) is 12.9. The molecule has 0 saturated heterocycles. The van der Waals surface area contributed by atoms with Gasteiger partial charge in [-0.25, -0.2) is 0 Å². The Morgan fingerprint density at radius 2 is 1.18 bits per heavy atom. The smallest absolute Gasteiger partial charge is 0.243 e. The minimum Gasteiger partial charge on any atom is -0.352 e. The molecule has 6 heteroatoms. The van der Waals surface area contributed by atoms with Gasteiger partial charge in [0.2, 0.25) is 18.2 Å². The summed E-state index contributed by atoms with van der Waals surface area (Å²) in [6.07, 6.45) is 1.84. The van der Waals surface area contributed by atoms with Crippen molar-refractivity contribution in [2.45, 2.75) is 44.3 Å². The summed E-state index contributed by atoms with van der Waals surface area (Å²) in [5.41, 5.74) is 2.96. The molecule has 0 saturated carbocycles. The number of hydrogen-bond donors (Lipinski definition) is 3. The van der Waals surface area contributed by atoms with Gasteiger partial charge in [0.1, 0.15) is 12.1 Å². The molecular weight excluding hydrogens is 474 g/mol. The van der Waals surface area contributed by atoms with Crippen molar-refractivity contribution >= 4 is 29.0 Å². The Hall–Kier alpha value is -4.45. The Labute approximate surface area is 223 Å². The van der Waals surface area contributed by atoms with E-state index in [1.807, 2.05) is 110 Å². The van der Waals surface area contributed by atoms with Gasteiger partial charge in [-0.1, -0.05) is 103 Å². The second kappa shape index (κ2) is 13.2. The van der Waals surface area contributed by atoms with E-state index >= 15 is 0 Å². The van der Waals surface area contributed by atoms with E-state index in [2.05, 4.69) is 16.0 Å². The van der Waals surface area contributed by atoms with E-state index in [1.165, 1.54) is 0 Å². The van der Waals surface area contributed by atoms with Crippen molar-refractivity contribution in [2.75, 3.05) is 0 Å². The molecule has 194 valence electrons. The number of carbonyl (C=O) groups is 3. The zero-order chi connectivity index (χ0) is 26.7. The van der Waals surface area contributed by atoms with E-state index in [0.717, 1.165) is 27.5 Å². The molecule has 3 unspecified atom stereocenters. The third kappa shape index (κ3) is 7.53. The van der Waals surface area contributed by atoms with Crippen LogP contribution in [0.2, 0.25) is 0 Å².